The Morgan fingerprint density at radius 2 is 2.20 bits per heavy atom. The summed E-state index contributed by atoms with van der Waals surface area (Å²) in [6, 6.07) is 5.60. The van der Waals surface area contributed by atoms with E-state index >= 15 is 0 Å². The van der Waals surface area contributed by atoms with Crippen LogP contribution in [0.15, 0.2) is 18.2 Å². The lowest BCUT2D eigenvalue weighted by Crippen LogP contribution is -2.32. The Kier molecular flexibility index (Phi) is 4.95. The number of rotatable bonds is 4. The van der Waals surface area contributed by atoms with Gasteiger partial charge in [0.15, 0.2) is 0 Å². The van der Waals surface area contributed by atoms with Crippen LogP contribution in [-0.2, 0) is 6.54 Å². The molecule has 0 bridgehead atoms. The maximum absolute atomic E-state index is 10.9. The molecule has 20 heavy (non-hydrogen) atoms. The van der Waals surface area contributed by atoms with E-state index in [-0.39, 0.29) is 10.6 Å². The Bertz CT molecular complexity index is 476. The van der Waals surface area contributed by atoms with E-state index in [9.17, 15) is 10.1 Å². The fraction of sp³-hybridized carbons (Fsp3) is 0.600. The lowest BCUT2D eigenvalue weighted by atomic mass is 10.1. The number of likely N-dealkylation sites (tertiary alicyclic amines) is 1. The van der Waals surface area contributed by atoms with Crippen molar-refractivity contribution in [3.63, 3.8) is 0 Å². The maximum Gasteiger partial charge on any atom is 0.269 e. The van der Waals surface area contributed by atoms with E-state index in [2.05, 4.69) is 17.1 Å². The summed E-state index contributed by atoms with van der Waals surface area (Å²) < 4.78 is 0. The van der Waals surface area contributed by atoms with Gasteiger partial charge in [0.05, 0.1) is 4.92 Å². The number of hydrogen-bond acceptors (Lipinski definition) is 4. The molecule has 5 heteroatoms. The molecule has 1 aromatic carbocycles. The van der Waals surface area contributed by atoms with Gasteiger partial charge in [0.2, 0.25) is 0 Å². The predicted molar refractivity (Wildman–Crippen MR) is 81.0 cm³/mol. The van der Waals surface area contributed by atoms with E-state index in [1.807, 2.05) is 7.05 Å². The first kappa shape index (κ1) is 14.8. The summed E-state index contributed by atoms with van der Waals surface area (Å²) in [4.78, 5) is 13.0. The van der Waals surface area contributed by atoms with Gasteiger partial charge in [-0.3, -0.25) is 15.0 Å². The van der Waals surface area contributed by atoms with Gasteiger partial charge in [-0.15, -0.1) is 0 Å². The summed E-state index contributed by atoms with van der Waals surface area (Å²) in [7, 11) is 1.86. The van der Waals surface area contributed by atoms with Crippen molar-refractivity contribution in [1.29, 1.82) is 0 Å². The molecule has 1 fully saturated rings. The highest BCUT2D eigenvalue weighted by molar-refractivity contribution is 5.55. The molecular formula is C15H23N3O2. The van der Waals surface area contributed by atoms with Crippen LogP contribution in [0, 0.1) is 10.1 Å². The Balaban J connectivity index is 2.21. The van der Waals surface area contributed by atoms with Crippen LogP contribution in [0.5, 0.6) is 0 Å². The van der Waals surface area contributed by atoms with Crippen molar-refractivity contribution >= 4 is 11.4 Å². The molecule has 1 saturated heterocycles. The van der Waals surface area contributed by atoms with Crippen LogP contribution < -0.4 is 5.32 Å². The predicted octanol–water partition coefficient (Wildman–Crippen LogP) is 3.40. The van der Waals surface area contributed by atoms with Gasteiger partial charge in [0.25, 0.3) is 5.69 Å². The Labute approximate surface area is 120 Å². The number of nitrogens with one attached hydrogen (secondary N) is 1. The molecule has 0 spiro atoms. The number of non-ortho nitro benzene ring substituents is 1. The van der Waals surface area contributed by atoms with E-state index in [1.165, 1.54) is 25.7 Å². The molecule has 0 saturated carbocycles. The standard InChI is InChI=1S/C15H23N3O2/c1-12-6-4-3-5-9-17(12)11-13-10-14(18(19)20)7-8-15(13)16-2/h7-8,10,12,16H,3-6,9,11H2,1-2H3. The van der Waals surface area contributed by atoms with Gasteiger partial charge in [0.1, 0.15) is 0 Å². The first-order valence-corrected chi connectivity index (χ1v) is 7.31. The summed E-state index contributed by atoms with van der Waals surface area (Å²) in [6.45, 7) is 4.10. The van der Waals surface area contributed by atoms with Crippen LogP contribution in [0.2, 0.25) is 0 Å². The van der Waals surface area contributed by atoms with Gasteiger partial charge in [-0.05, 0) is 37.9 Å². The molecule has 0 aromatic heterocycles. The summed E-state index contributed by atoms with van der Waals surface area (Å²) >= 11 is 0. The number of hydrogen-bond donors (Lipinski definition) is 1. The number of anilines is 1. The highest BCUT2D eigenvalue weighted by Gasteiger charge is 2.19. The summed E-state index contributed by atoms with van der Waals surface area (Å²) in [5.41, 5.74) is 2.16. The van der Waals surface area contributed by atoms with Crippen LogP contribution in [-0.4, -0.2) is 29.5 Å². The molecule has 1 aromatic rings. The average Bonchev–Trinajstić information content (AvgIpc) is 2.64. The van der Waals surface area contributed by atoms with Crippen LogP contribution in [0.3, 0.4) is 0 Å². The number of nitrogens with zero attached hydrogens (tertiary/aromatic N) is 2. The molecule has 1 N–H and O–H groups in total. The van der Waals surface area contributed by atoms with Crippen LogP contribution in [0.1, 0.15) is 38.2 Å². The fourth-order valence-electron chi connectivity index (χ4n) is 2.86. The van der Waals surface area contributed by atoms with E-state index in [0.717, 1.165) is 24.3 Å². The minimum absolute atomic E-state index is 0.168. The highest BCUT2D eigenvalue weighted by atomic mass is 16.6. The lowest BCUT2D eigenvalue weighted by Gasteiger charge is -2.27. The molecule has 1 heterocycles. The fourth-order valence-corrected chi connectivity index (χ4v) is 2.86. The molecule has 0 aliphatic carbocycles. The van der Waals surface area contributed by atoms with Crippen molar-refractivity contribution in [2.75, 3.05) is 18.9 Å². The Morgan fingerprint density at radius 1 is 1.40 bits per heavy atom. The van der Waals surface area contributed by atoms with Crippen molar-refractivity contribution in [1.82, 2.24) is 4.90 Å². The first-order valence-electron chi connectivity index (χ1n) is 7.31. The Hall–Kier alpha value is -1.62. The minimum atomic E-state index is -0.325. The molecule has 2 rings (SSSR count). The van der Waals surface area contributed by atoms with Crippen molar-refractivity contribution in [2.45, 2.75) is 45.2 Å². The number of nitro groups is 1. The van der Waals surface area contributed by atoms with E-state index in [4.69, 9.17) is 0 Å². The van der Waals surface area contributed by atoms with Crippen molar-refractivity contribution in [3.8, 4) is 0 Å². The van der Waals surface area contributed by atoms with E-state index in [0.29, 0.717) is 6.04 Å². The van der Waals surface area contributed by atoms with Crippen LogP contribution in [0.25, 0.3) is 0 Å². The second kappa shape index (κ2) is 6.70. The molecule has 1 atom stereocenters. The van der Waals surface area contributed by atoms with Gasteiger partial charge in [-0.25, -0.2) is 0 Å². The molecule has 5 nitrogen and oxygen atoms in total. The third kappa shape index (κ3) is 3.48. The topological polar surface area (TPSA) is 58.4 Å². The maximum atomic E-state index is 10.9. The quantitative estimate of drug-likeness (QED) is 0.677. The van der Waals surface area contributed by atoms with Crippen molar-refractivity contribution in [3.05, 3.63) is 33.9 Å². The molecule has 1 aliphatic heterocycles. The minimum Gasteiger partial charge on any atom is -0.388 e. The van der Waals surface area contributed by atoms with Crippen molar-refractivity contribution < 1.29 is 4.92 Å². The molecule has 110 valence electrons. The SMILES string of the molecule is CNc1ccc([N+](=O)[O-])cc1CN1CCCCCC1C. The number of benzene rings is 1. The number of nitro benzene ring substituents is 1. The molecule has 0 amide bonds. The molecular weight excluding hydrogens is 254 g/mol. The summed E-state index contributed by atoms with van der Waals surface area (Å²) in [5.74, 6) is 0. The van der Waals surface area contributed by atoms with E-state index in [1.54, 1.807) is 18.2 Å². The largest absolute Gasteiger partial charge is 0.388 e. The van der Waals surface area contributed by atoms with Crippen LogP contribution in [0.4, 0.5) is 11.4 Å². The zero-order valence-electron chi connectivity index (χ0n) is 12.3. The molecule has 1 unspecified atom stereocenters. The normalized spacial score (nSPS) is 20.4. The summed E-state index contributed by atoms with van der Waals surface area (Å²) in [5, 5.41) is 14.1. The smallest absolute Gasteiger partial charge is 0.269 e. The molecule has 0 radical (unpaired) electrons. The average molecular weight is 277 g/mol. The zero-order valence-corrected chi connectivity index (χ0v) is 12.3. The third-order valence-electron chi connectivity index (χ3n) is 4.13. The van der Waals surface area contributed by atoms with Crippen molar-refractivity contribution in [2.24, 2.45) is 0 Å². The first-order chi connectivity index (χ1) is 9.61. The molecule has 1 aliphatic rings. The lowest BCUT2D eigenvalue weighted by molar-refractivity contribution is -0.384. The second-order valence-corrected chi connectivity index (χ2v) is 5.52. The monoisotopic (exact) mass is 277 g/mol. The van der Waals surface area contributed by atoms with Gasteiger partial charge >= 0.3 is 0 Å². The Morgan fingerprint density at radius 3 is 2.90 bits per heavy atom. The highest BCUT2D eigenvalue weighted by Crippen LogP contribution is 2.26. The van der Waals surface area contributed by atoms with Gasteiger partial charge in [-0.1, -0.05) is 12.8 Å². The van der Waals surface area contributed by atoms with Crippen LogP contribution >= 0.6 is 0 Å². The van der Waals surface area contributed by atoms with E-state index < -0.39 is 0 Å². The van der Waals surface area contributed by atoms with Gasteiger partial charge in [-0.2, -0.15) is 0 Å². The second-order valence-electron chi connectivity index (χ2n) is 5.52. The third-order valence-corrected chi connectivity index (χ3v) is 4.13. The summed E-state index contributed by atoms with van der Waals surface area (Å²) in [6.07, 6.45) is 5.00. The van der Waals surface area contributed by atoms with Gasteiger partial charge in [0, 0.05) is 37.5 Å². The zero-order chi connectivity index (χ0) is 14.5. The van der Waals surface area contributed by atoms with Gasteiger partial charge < -0.3 is 5.32 Å².